The quantitative estimate of drug-likeness (QED) is 0.711. The van der Waals surface area contributed by atoms with E-state index in [-0.39, 0.29) is 5.38 Å². The fraction of sp³-hybridized carbons (Fsp3) is 0.500. The number of alkyl halides is 1. The summed E-state index contributed by atoms with van der Waals surface area (Å²) in [5.41, 5.74) is 3.51. The molecule has 1 aliphatic rings. The Morgan fingerprint density at radius 2 is 2.43 bits per heavy atom. The Bertz CT molecular complexity index is 367. The third kappa shape index (κ3) is 1.83. The van der Waals surface area contributed by atoms with Crippen LogP contribution in [0.15, 0.2) is 12.3 Å². The number of aryl methyl sites for hydroxylation is 2. The molecule has 3 nitrogen and oxygen atoms in total. The van der Waals surface area contributed by atoms with Crippen molar-refractivity contribution in [3.8, 4) is 0 Å². The molecular weight excluding hydrogens is 198 g/mol. The largest absolute Gasteiger partial charge is 0.311 e. The molecule has 0 bridgehead atoms. The van der Waals surface area contributed by atoms with Crippen LogP contribution in [0.4, 0.5) is 0 Å². The van der Waals surface area contributed by atoms with E-state index in [1.54, 1.807) is 0 Å². The molecule has 0 saturated carbocycles. The minimum absolute atomic E-state index is 0.0957. The maximum absolute atomic E-state index is 6.05. The van der Waals surface area contributed by atoms with Gasteiger partial charge in [-0.05, 0) is 12.5 Å². The van der Waals surface area contributed by atoms with E-state index in [9.17, 15) is 0 Å². The Hall–Kier alpha value is -0.800. The summed E-state index contributed by atoms with van der Waals surface area (Å²) < 4.78 is 1.84. The summed E-state index contributed by atoms with van der Waals surface area (Å²) in [5.74, 6) is 0. The van der Waals surface area contributed by atoms with Gasteiger partial charge in [-0.3, -0.25) is 4.68 Å². The zero-order valence-electron chi connectivity index (χ0n) is 8.42. The van der Waals surface area contributed by atoms with Gasteiger partial charge in [-0.2, -0.15) is 5.10 Å². The van der Waals surface area contributed by atoms with Gasteiger partial charge in [-0.1, -0.05) is 6.08 Å². The molecule has 4 heteroatoms. The summed E-state index contributed by atoms with van der Waals surface area (Å²) in [6, 6.07) is 0. The van der Waals surface area contributed by atoms with Gasteiger partial charge in [0.1, 0.15) is 0 Å². The first-order chi connectivity index (χ1) is 6.66. The van der Waals surface area contributed by atoms with Crippen LogP contribution in [-0.2, 0) is 7.05 Å². The van der Waals surface area contributed by atoms with E-state index in [0.29, 0.717) is 0 Å². The highest BCUT2D eigenvalue weighted by atomic mass is 35.5. The van der Waals surface area contributed by atoms with Crippen molar-refractivity contribution in [1.82, 2.24) is 15.1 Å². The minimum Gasteiger partial charge on any atom is -0.311 e. The van der Waals surface area contributed by atoms with Crippen LogP contribution in [0.2, 0.25) is 0 Å². The molecule has 1 N–H and O–H groups in total. The predicted molar refractivity (Wildman–Crippen MR) is 58.4 cm³/mol. The number of hydrogen-bond acceptors (Lipinski definition) is 2. The molecule has 2 rings (SSSR count). The van der Waals surface area contributed by atoms with E-state index in [1.165, 1.54) is 11.1 Å². The van der Waals surface area contributed by atoms with Crippen molar-refractivity contribution < 1.29 is 0 Å². The molecule has 0 radical (unpaired) electrons. The summed E-state index contributed by atoms with van der Waals surface area (Å²) in [6.45, 7) is 3.76. The van der Waals surface area contributed by atoms with Gasteiger partial charge < -0.3 is 5.32 Å². The van der Waals surface area contributed by atoms with Crippen molar-refractivity contribution >= 4 is 17.2 Å². The highest BCUT2D eigenvalue weighted by molar-refractivity contribution is 6.22. The van der Waals surface area contributed by atoms with Crippen molar-refractivity contribution in [1.29, 1.82) is 0 Å². The average molecular weight is 212 g/mol. The van der Waals surface area contributed by atoms with Crippen molar-refractivity contribution in [3.63, 3.8) is 0 Å². The summed E-state index contributed by atoms with van der Waals surface area (Å²) in [5, 5.41) is 7.69. The average Bonchev–Trinajstić information content (AvgIpc) is 2.45. The Kier molecular flexibility index (Phi) is 2.61. The molecule has 2 heterocycles. The molecule has 0 spiro atoms. The first kappa shape index (κ1) is 9.74. The molecule has 0 fully saturated rings. The Balaban J connectivity index is 2.34. The first-order valence-electron chi connectivity index (χ1n) is 4.73. The van der Waals surface area contributed by atoms with Crippen LogP contribution in [0, 0.1) is 6.92 Å². The third-order valence-electron chi connectivity index (χ3n) is 2.40. The number of aromatic nitrogens is 2. The molecule has 0 amide bonds. The SMILES string of the molecule is Cc1nn(C)cc1C1=CC(Cl)CNC1. The van der Waals surface area contributed by atoms with E-state index in [4.69, 9.17) is 11.6 Å². The Morgan fingerprint density at radius 1 is 1.64 bits per heavy atom. The van der Waals surface area contributed by atoms with Gasteiger partial charge >= 0.3 is 0 Å². The summed E-state index contributed by atoms with van der Waals surface area (Å²) in [6.07, 6.45) is 4.15. The van der Waals surface area contributed by atoms with E-state index in [1.807, 2.05) is 24.9 Å². The Morgan fingerprint density at radius 3 is 3.00 bits per heavy atom. The van der Waals surface area contributed by atoms with Gasteiger partial charge in [0.05, 0.1) is 11.1 Å². The lowest BCUT2D eigenvalue weighted by Gasteiger charge is -2.17. The maximum atomic E-state index is 6.05. The minimum atomic E-state index is 0.0957. The number of nitrogens with zero attached hydrogens (tertiary/aromatic N) is 2. The summed E-state index contributed by atoms with van der Waals surface area (Å²) >= 11 is 6.05. The second kappa shape index (κ2) is 3.75. The van der Waals surface area contributed by atoms with E-state index >= 15 is 0 Å². The second-order valence-corrected chi connectivity index (χ2v) is 4.20. The van der Waals surface area contributed by atoms with Gasteiger partial charge in [0.2, 0.25) is 0 Å². The maximum Gasteiger partial charge on any atom is 0.0669 e. The van der Waals surface area contributed by atoms with Gasteiger partial charge in [-0.15, -0.1) is 11.6 Å². The molecule has 14 heavy (non-hydrogen) atoms. The lowest BCUT2D eigenvalue weighted by Crippen LogP contribution is -2.29. The molecule has 0 aliphatic carbocycles. The van der Waals surface area contributed by atoms with Crippen LogP contribution >= 0.6 is 11.6 Å². The molecule has 76 valence electrons. The zero-order chi connectivity index (χ0) is 10.1. The lowest BCUT2D eigenvalue weighted by atomic mass is 10.0. The van der Waals surface area contributed by atoms with Crippen LogP contribution in [0.1, 0.15) is 11.3 Å². The number of nitrogens with one attached hydrogen (secondary N) is 1. The van der Waals surface area contributed by atoms with Crippen LogP contribution in [-0.4, -0.2) is 28.2 Å². The normalized spacial score (nSPS) is 22.2. The fourth-order valence-corrected chi connectivity index (χ4v) is 2.04. The first-order valence-corrected chi connectivity index (χ1v) is 5.16. The monoisotopic (exact) mass is 211 g/mol. The highest BCUT2D eigenvalue weighted by Gasteiger charge is 2.14. The van der Waals surface area contributed by atoms with Crippen LogP contribution in [0.3, 0.4) is 0 Å². The number of rotatable bonds is 1. The smallest absolute Gasteiger partial charge is 0.0669 e. The van der Waals surface area contributed by atoms with Crippen LogP contribution < -0.4 is 5.32 Å². The predicted octanol–water partition coefficient (Wildman–Crippen LogP) is 1.32. The van der Waals surface area contributed by atoms with Gasteiger partial charge in [0.15, 0.2) is 0 Å². The third-order valence-corrected chi connectivity index (χ3v) is 2.68. The standard InChI is InChI=1S/C10H14ClN3/c1-7-10(6-14(2)13-7)8-3-9(11)5-12-4-8/h3,6,9,12H,4-5H2,1-2H3. The van der Waals surface area contributed by atoms with Crippen molar-refractivity contribution in [3.05, 3.63) is 23.5 Å². The summed E-state index contributed by atoms with van der Waals surface area (Å²) in [7, 11) is 1.94. The molecule has 1 aromatic heterocycles. The summed E-state index contributed by atoms with van der Waals surface area (Å²) in [4.78, 5) is 0. The van der Waals surface area contributed by atoms with Crippen molar-refractivity contribution in [2.45, 2.75) is 12.3 Å². The zero-order valence-corrected chi connectivity index (χ0v) is 9.17. The van der Waals surface area contributed by atoms with Crippen LogP contribution in [0.5, 0.6) is 0 Å². The van der Waals surface area contributed by atoms with Gasteiger partial charge in [0.25, 0.3) is 0 Å². The molecule has 0 aromatic carbocycles. The van der Waals surface area contributed by atoms with E-state index < -0.39 is 0 Å². The van der Waals surface area contributed by atoms with Gasteiger partial charge in [0, 0.05) is 31.9 Å². The number of halogens is 1. The van der Waals surface area contributed by atoms with E-state index in [2.05, 4.69) is 16.5 Å². The topological polar surface area (TPSA) is 29.9 Å². The van der Waals surface area contributed by atoms with E-state index in [0.717, 1.165) is 18.8 Å². The second-order valence-electron chi connectivity index (χ2n) is 3.64. The molecular formula is C10H14ClN3. The fourth-order valence-electron chi connectivity index (χ4n) is 1.78. The molecule has 1 unspecified atom stereocenters. The lowest BCUT2D eigenvalue weighted by molar-refractivity contribution is 0.743. The highest BCUT2D eigenvalue weighted by Crippen LogP contribution is 2.20. The number of hydrogen-bond donors (Lipinski definition) is 1. The van der Waals surface area contributed by atoms with Crippen molar-refractivity contribution in [2.24, 2.45) is 7.05 Å². The molecule has 0 saturated heterocycles. The van der Waals surface area contributed by atoms with Crippen LogP contribution in [0.25, 0.3) is 5.57 Å². The Labute approximate surface area is 88.8 Å². The van der Waals surface area contributed by atoms with Crippen molar-refractivity contribution in [2.75, 3.05) is 13.1 Å². The van der Waals surface area contributed by atoms with Gasteiger partial charge in [-0.25, -0.2) is 0 Å². The molecule has 1 atom stereocenters. The molecule has 1 aromatic rings. The molecule has 1 aliphatic heterocycles.